The smallest absolute Gasteiger partial charge is 0.265 e. The van der Waals surface area contributed by atoms with Crippen molar-refractivity contribution in [3.63, 3.8) is 0 Å². The Morgan fingerprint density at radius 1 is 1.38 bits per heavy atom. The van der Waals surface area contributed by atoms with E-state index in [1.807, 2.05) is 23.6 Å². The number of pyridine rings is 1. The molecule has 0 atom stereocenters. The highest BCUT2D eigenvalue weighted by Crippen LogP contribution is 2.20. The van der Waals surface area contributed by atoms with Crippen LogP contribution in [0.1, 0.15) is 20.9 Å². The summed E-state index contributed by atoms with van der Waals surface area (Å²) < 4.78 is 3.77. The number of carbonyl (C=O) groups is 1. The van der Waals surface area contributed by atoms with Gasteiger partial charge < -0.3 is 5.32 Å². The van der Waals surface area contributed by atoms with Gasteiger partial charge in [0.1, 0.15) is 4.88 Å². The number of amides is 1. The summed E-state index contributed by atoms with van der Waals surface area (Å²) in [7, 11) is 0. The van der Waals surface area contributed by atoms with Crippen molar-refractivity contribution in [1.82, 2.24) is 19.9 Å². The lowest BCUT2D eigenvalue weighted by Gasteiger charge is -2.05. The van der Waals surface area contributed by atoms with Crippen LogP contribution < -0.4 is 5.32 Å². The molecule has 0 aliphatic rings. The number of aromatic nitrogens is 3. The Morgan fingerprint density at radius 3 is 3.00 bits per heavy atom. The van der Waals surface area contributed by atoms with Crippen molar-refractivity contribution in [3.05, 3.63) is 51.3 Å². The molecule has 1 amide bonds. The molecule has 3 aromatic rings. The van der Waals surface area contributed by atoms with Gasteiger partial charge in [0.2, 0.25) is 0 Å². The molecule has 0 spiro atoms. The number of hydrogen-bond donors (Lipinski definition) is 1. The van der Waals surface area contributed by atoms with Crippen LogP contribution in [0, 0.1) is 6.92 Å². The summed E-state index contributed by atoms with van der Waals surface area (Å²) in [6.07, 6.45) is 1.76. The molecule has 0 fully saturated rings. The minimum absolute atomic E-state index is 0.142. The first-order valence-corrected chi connectivity index (χ1v) is 8.00. The topological polar surface area (TPSA) is 67.8 Å². The average molecular weight is 316 g/mol. The molecule has 1 N–H and O–H groups in total. The number of carbonyl (C=O) groups excluding carboxylic acids is 1. The zero-order valence-electron chi connectivity index (χ0n) is 11.2. The third kappa shape index (κ3) is 3.14. The van der Waals surface area contributed by atoms with E-state index < -0.39 is 0 Å². The average Bonchev–Trinajstić information content (AvgIpc) is 3.16. The van der Waals surface area contributed by atoms with Crippen LogP contribution in [0.25, 0.3) is 11.3 Å². The van der Waals surface area contributed by atoms with E-state index in [4.69, 9.17) is 0 Å². The van der Waals surface area contributed by atoms with Crippen LogP contribution in [0.3, 0.4) is 0 Å². The lowest BCUT2D eigenvalue weighted by molar-refractivity contribution is 0.0954. The third-order valence-corrected chi connectivity index (χ3v) is 4.46. The molecule has 3 heterocycles. The molecule has 0 aliphatic heterocycles. The van der Waals surface area contributed by atoms with E-state index in [0.29, 0.717) is 17.1 Å². The van der Waals surface area contributed by atoms with Crippen molar-refractivity contribution < 1.29 is 4.79 Å². The van der Waals surface area contributed by atoms with Crippen molar-refractivity contribution in [2.45, 2.75) is 13.5 Å². The number of thiophene rings is 1. The monoisotopic (exact) mass is 316 g/mol. The number of hydrogen-bond acceptors (Lipinski definition) is 6. The molecule has 0 bridgehead atoms. The Hall–Kier alpha value is -2.12. The molecule has 21 heavy (non-hydrogen) atoms. The second kappa shape index (κ2) is 6.11. The predicted octanol–water partition coefficient (Wildman–Crippen LogP) is 2.90. The lowest BCUT2D eigenvalue weighted by atomic mass is 10.1. The minimum atomic E-state index is -0.142. The van der Waals surface area contributed by atoms with Gasteiger partial charge in [-0.3, -0.25) is 9.78 Å². The summed E-state index contributed by atoms with van der Waals surface area (Å²) in [5.41, 5.74) is 3.68. The van der Waals surface area contributed by atoms with Crippen molar-refractivity contribution >= 4 is 28.8 Å². The SMILES string of the molecule is Cc1nnsc1C(=O)NCc1ccnc(-c2ccsc2)c1. The quantitative estimate of drug-likeness (QED) is 0.803. The highest BCUT2D eigenvalue weighted by molar-refractivity contribution is 7.08. The Balaban J connectivity index is 1.70. The highest BCUT2D eigenvalue weighted by Gasteiger charge is 2.12. The van der Waals surface area contributed by atoms with Crippen molar-refractivity contribution in [2.75, 3.05) is 0 Å². The second-order valence-corrected chi connectivity index (χ2v) is 5.97. The molecular formula is C14H12N4OS2. The van der Waals surface area contributed by atoms with Crippen LogP contribution in [-0.2, 0) is 6.54 Å². The molecule has 106 valence electrons. The van der Waals surface area contributed by atoms with Crippen molar-refractivity contribution in [1.29, 1.82) is 0 Å². The summed E-state index contributed by atoms with van der Waals surface area (Å²) in [5, 5.41) is 10.8. The molecule has 0 aliphatic carbocycles. The van der Waals surface area contributed by atoms with Gasteiger partial charge in [-0.05, 0) is 47.6 Å². The Bertz CT molecular complexity index is 752. The van der Waals surface area contributed by atoms with Crippen LogP contribution in [0.2, 0.25) is 0 Å². The molecule has 0 aromatic carbocycles. The fourth-order valence-electron chi connectivity index (χ4n) is 1.85. The van der Waals surface area contributed by atoms with E-state index in [9.17, 15) is 4.79 Å². The van der Waals surface area contributed by atoms with Crippen LogP contribution in [0.5, 0.6) is 0 Å². The summed E-state index contributed by atoms with van der Waals surface area (Å²) in [4.78, 5) is 16.9. The standard InChI is InChI=1S/C14H12N4OS2/c1-9-13(21-18-17-9)14(19)16-7-10-2-4-15-12(6-10)11-3-5-20-8-11/h2-6,8H,7H2,1H3,(H,16,19). The van der Waals surface area contributed by atoms with Crippen LogP contribution in [0.4, 0.5) is 0 Å². The molecule has 5 nitrogen and oxygen atoms in total. The van der Waals surface area contributed by atoms with Gasteiger partial charge in [-0.25, -0.2) is 0 Å². The van der Waals surface area contributed by atoms with Gasteiger partial charge in [0, 0.05) is 23.7 Å². The summed E-state index contributed by atoms with van der Waals surface area (Å²) in [5.74, 6) is -0.142. The van der Waals surface area contributed by atoms with E-state index in [2.05, 4.69) is 25.3 Å². The second-order valence-electron chi connectivity index (χ2n) is 4.43. The maximum atomic E-state index is 12.0. The third-order valence-electron chi connectivity index (χ3n) is 2.95. The molecule has 0 unspecified atom stereocenters. The molecule has 3 rings (SSSR count). The maximum Gasteiger partial charge on any atom is 0.265 e. The van der Waals surface area contributed by atoms with Crippen molar-refractivity contribution in [3.8, 4) is 11.3 Å². The largest absolute Gasteiger partial charge is 0.347 e. The Labute approximate surface area is 129 Å². The summed E-state index contributed by atoms with van der Waals surface area (Å²) >= 11 is 2.75. The fraction of sp³-hybridized carbons (Fsp3) is 0.143. The molecule has 3 aromatic heterocycles. The molecular weight excluding hydrogens is 304 g/mol. The first-order chi connectivity index (χ1) is 10.2. The van der Waals surface area contributed by atoms with E-state index in [1.54, 1.807) is 24.5 Å². The number of nitrogens with one attached hydrogen (secondary N) is 1. The number of rotatable bonds is 4. The molecule has 0 saturated carbocycles. The Morgan fingerprint density at radius 2 is 2.29 bits per heavy atom. The zero-order valence-corrected chi connectivity index (χ0v) is 12.9. The van der Waals surface area contributed by atoms with Crippen molar-refractivity contribution in [2.24, 2.45) is 0 Å². The minimum Gasteiger partial charge on any atom is -0.347 e. The number of nitrogens with zero attached hydrogens (tertiary/aromatic N) is 3. The molecule has 7 heteroatoms. The first kappa shape index (κ1) is 13.8. The highest BCUT2D eigenvalue weighted by atomic mass is 32.1. The normalized spacial score (nSPS) is 10.5. The van der Waals surface area contributed by atoms with Crippen LogP contribution >= 0.6 is 22.9 Å². The van der Waals surface area contributed by atoms with E-state index in [0.717, 1.165) is 28.4 Å². The predicted molar refractivity (Wildman–Crippen MR) is 83.4 cm³/mol. The van der Waals surface area contributed by atoms with Crippen LogP contribution in [0.15, 0.2) is 35.2 Å². The van der Waals surface area contributed by atoms with E-state index in [1.165, 1.54) is 0 Å². The molecule has 0 saturated heterocycles. The Kier molecular flexibility index (Phi) is 4.03. The first-order valence-electron chi connectivity index (χ1n) is 6.28. The van der Waals surface area contributed by atoms with Gasteiger partial charge in [-0.15, -0.1) is 5.10 Å². The van der Waals surface area contributed by atoms with Crippen LogP contribution in [-0.4, -0.2) is 20.5 Å². The maximum absolute atomic E-state index is 12.0. The van der Waals surface area contributed by atoms with E-state index >= 15 is 0 Å². The summed E-state index contributed by atoms with van der Waals surface area (Å²) in [6, 6.07) is 5.91. The lowest BCUT2D eigenvalue weighted by Crippen LogP contribution is -2.22. The fourth-order valence-corrected chi connectivity index (χ4v) is 3.08. The van der Waals surface area contributed by atoms with Gasteiger partial charge >= 0.3 is 0 Å². The van der Waals surface area contributed by atoms with Gasteiger partial charge in [-0.2, -0.15) is 11.3 Å². The van der Waals surface area contributed by atoms with Gasteiger partial charge in [-0.1, -0.05) is 4.49 Å². The van der Waals surface area contributed by atoms with Gasteiger partial charge in [0.15, 0.2) is 0 Å². The van der Waals surface area contributed by atoms with Gasteiger partial charge in [0.25, 0.3) is 5.91 Å². The number of aryl methyl sites for hydroxylation is 1. The molecule has 0 radical (unpaired) electrons. The zero-order chi connectivity index (χ0) is 14.7. The van der Waals surface area contributed by atoms with E-state index in [-0.39, 0.29) is 5.91 Å². The van der Waals surface area contributed by atoms with Gasteiger partial charge in [0.05, 0.1) is 11.4 Å². The summed E-state index contributed by atoms with van der Waals surface area (Å²) in [6.45, 7) is 2.23.